The van der Waals surface area contributed by atoms with Gasteiger partial charge < -0.3 is 15.5 Å². The number of carbonyl (C=O) groups is 1. The maximum absolute atomic E-state index is 11.6. The summed E-state index contributed by atoms with van der Waals surface area (Å²) < 4.78 is 22.4. The van der Waals surface area contributed by atoms with Gasteiger partial charge in [0.05, 0.1) is 22.8 Å². The van der Waals surface area contributed by atoms with E-state index in [0.717, 1.165) is 0 Å². The summed E-state index contributed by atoms with van der Waals surface area (Å²) in [6, 6.07) is 4.16. The van der Waals surface area contributed by atoms with Crippen LogP contribution in [0.5, 0.6) is 0 Å². The number of nitrogen functional groups attached to an aromatic ring is 1. The predicted molar refractivity (Wildman–Crippen MR) is 74.2 cm³/mol. The number of nitrogens with two attached hydrogens (primary N) is 2. The van der Waals surface area contributed by atoms with Gasteiger partial charge in [0.25, 0.3) is 0 Å². The summed E-state index contributed by atoms with van der Waals surface area (Å²) in [5.41, 5.74) is 6.61. The Morgan fingerprint density at radius 2 is 1.84 bits per heavy atom. The second-order valence-electron chi connectivity index (χ2n) is 4.41. The van der Waals surface area contributed by atoms with Crippen LogP contribution in [0.15, 0.2) is 23.1 Å². The molecular formula is C11H18N4O3S. The van der Waals surface area contributed by atoms with Gasteiger partial charge in [0.15, 0.2) is 0 Å². The summed E-state index contributed by atoms with van der Waals surface area (Å²) >= 11 is 0. The first-order valence-corrected chi connectivity index (χ1v) is 7.01. The summed E-state index contributed by atoms with van der Waals surface area (Å²) in [5.74, 6) is -0.0857. The predicted octanol–water partition coefficient (Wildman–Crippen LogP) is -0.559. The second-order valence-corrected chi connectivity index (χ2v) is 5.97. The number of nitrogens with zero attached hydrogens (tertiary/aromatic N) is 2. The minimum atomic E-state index is -3.78. The molecule has 106 valence electrons. The van der Waals surface area contributed by atoms with Crippen molar-refractivity contribution in [3.63, 3.8) is 0 Å². The van der Waals surface area contributed by atoms with Gasteiger partial charge in [-0.15, -0.1) is 0 Å². The lowest BCUT2D eigenvalue weighted by atomic mass is 10.2. The van der Waals surface area contributed by atoms with Crippen molar-refractivity contribution in [2.75, 3.05) is 38.3 Å². The minimum Gasteiger partial charge on any atom is -0.397 e. The number of anilines is 2. The van der Waals surface area contributed by atoms with Gasteiger partial charge in [-0.3, -0.25) is 4.79 Å². The molecule has 0 radical (unpaired) electrons. The van der Waals surface area contributed by atoms with Gasteiger partial charge in [0.2, 0.25) is 15.9 Å². The number of hydrogen-bond donors (Lipinski definition) is 2. The molecule has 19 heavy (non-hydrogen) atoms. The van der Waals surface area contributed by atoms with E-state index in [1.165, 1.54) is 23.1 Å². The highest BCUT2D eigenvalue weighted by Crippen LogP contribution is 2.24. The highest BCUT2D eigenvalue weighted by molar-refractivity contribution is 7.89. The SMILES string of the molecule is CN(C)C(=O)CN(C)c1ccc(S(N)(=O)=O)cc1N. The Morgan fingerprint density at radius 3 is 2.26 bits per heavy atom. The number of hydrogen-bond acceptors (Lipinski definition) is 5. The third-order valence-electron chi connectivity index (χ3n) is 2.61. The first-order chi connectivity index (χ1) is 8.62. The molecule has 7 nitrogen and oxygen atoms in total. The van der Waals surface area contributed by atoms with Crippen molar-refractivity contribution in [3.8, 4) is 0 Å². The molecule has 0 unspecified atom stereocenters. The second kappa shape index (κ2) is 5.45. The van der Waals surface area contributed by atoms with Crippen molar-refractivity contribution in [1.29, 1.82) is 0 Å². The largest absolute Gasteiger partial charge is 0.397 e. The topological polar surface area (TPSA) is 110 Å². The maximum Gasteiger partial charge on any atom is 0.241 e. The van der Waals surface area contributed by atoms with Crippen LogP contribution in [0.25, 0.3) is 0 Å². The fraction of sp³-hybridized carbons (Fsp3) is 0.364. The van der Waals surface area contributed by atoms with Crippen molar-refractivity contribution < 1.29 is 13.2 Å². The van der Waals surface area contributed by atoms with Gasteiger partial charge in [-0.2, -0.15) is 0 Å². The smallest absolute Gasteiger partial charge is 0.241 e. The lowest BCUT2D eigenvalue weighted by Gasteiger charge is -2.22. The average Bonchev–Trinajstić information content (AvgIpc) is 2.27. The van der Waals surface area contributed by atoms with Crippen LogP contribution in [-0.2, 0) is 14.8 Å². The summed E-state index contributed by atoms with van der Waals surface area (Å²) in [4.78, 5) is 14.6. The van der Waals surface area contributed by atoms with E-state index in [1.54, 1.807) is 26.0 Å². The van der Waals surface area contributed by atoms with Crippen LogP contribution in [0.4, 0.5) is 11.4 Å². The first-order valence-electron chi connectivity index (χ1n) is 5.46. The Kier molecular flexibility index (Phi) is 4.38. The Balaban J connectivity index is 3.00. The number of primary sulfonamides is 1. The third-order valence-corrected chi connectivity index (χ3v) is 3.52. The average molecular weight is 286 g/mol. The van der Waals surface area contributed by atoms with Crippen LogP contribution in [0.3, 0.4) is 0 Å². The quantitative estimate of drug-likeness (QED) is 0.721. The maximum atomic E-state index is 11.6. The Bertz CT molecular complexity index is 584. The summed E-state index contributed by atoms with van der Waals surface area (Å²) in [6.07, 6.45) is 0. The molecule has 0 aliphatic rings. The molecule has 1 rings (SSSR count). The number of amides is 1. The Morgan fingerprint density at radius 1 is 1.26 bits per heavy atom. The van der Waals surface area contributed by atoms with Crippen molar-refractivity contribution in [1.82, 2.24) is 4.90 Å². The van der Waals surface area contributed by atoms with Crippen LogP contribution < -0.4 is 15.8 Å². The van der Waals surface area contributed by atoms with Crippen molar-refractivity contribution in [2.24, 2.45) is 5.14 Å². The van der Waals surface area contributed by atoms with Gasteiger partial charge >= 0.3 is 0 Å². The third kappa shape index (κ3) is 3.83. The van der Waals surface area contributed by atoms with Gasteiger partial charge in [-0.25, -0.2) is 13.6 Å². The highest BCUT2D eigenvalue weighted by atomic mass is 32.2. The highest BCUT2D eigenvalue weighted by Gasteiger charge is 2.14. The fourth-order valence-electron chi connectivity index (χ4n) is 1.49. The molecule has 0 aromatic heterocycles. The van der Waals surface area contributed by atoms with E-state index in [-0.39, 0.29) is 23.0 Å². The lowest BCUT2D eigenvalue weighted by molar-refractivity contribution is -0.127. The van der Waals surface area contributed by atoms with E-state index in [4.69, 9.17) is 10.9 Å². The zero-order valence-electron chi connectivity index (χ0n) is 11.1. The van der Waals surface area contributed by atoms with Gasteiger partial charge in [-0.1, -0.05) is 0 Å². The van der Waals surface area contributed by atoms with E-state index in [9.17, 15) is 13.2 Å². The Hall–Kier alpha value is -1.80. The van der Waals surface area contributed by atoms with E-state index < -0.39 is 10.0 Å². The molecule has 0 fully saturated rings. The van der Waals surface area contributed by atoms with Crippen LogP contribution in [0.2, 0.25) is 0 Å². The molecule has 0 aliphatic heterocycles. The number of carbonyl (C=O) groups excluding carboxylic acids is 1. The van der Waals surface area contributed by atoms with E-state index >= 15 is 0 Å². The van der Waals surface area contributed by atoms with Crippen molar-refractivity contribution in [3.05, 3.63) is 18.2 Å². The van der Waals surface area contributed by atoms with Crippen LogP contribution in [-0.4, -0.2) is 46.9 Å². The lowest BCUT2D eigenvalue weighted by Crippen LogP contribution is -2.34. The van der Waals surface area contributed by atoms with E-state index in [2.05, 4.69) is 0 Å². The van der Waals surface area contributed by atoms with Gasteiger partial charge in [0.1, 0.15) is 0 Å². The van der Waals surface area contributed by atoms with Crippen LogP contribution in [0, 0.1) is 0 Å². The molecule has 8 heteroatoms. The summed E-state index contributed by atoms with van der Waals surface area (Å²) in [7, 11) is 1.23. The number of benzene rings is 1. The normalized spacial score (nSPS) is 11.2. The molecule has 0 bridgehead atoms. The molecule has 1 aromatic rings. The number of sulfonamides is 1. The van der Waals surface area contributed by atoms with Crippen molar-refractivity contribution in [2.45, 2.75) is 4.90 Å². The zero-order chi connectivity index (χ0) is 14.8. The molecule has 0 spiro atoms. The number of likely N-dealkylation sites (N-methyl/N-ethyl adjacent to an activating group) is 2. The molecular weight excluding hydrogens is 268 g/mol. The standard InChI is InChI=1S/C11H18N4O3S/c1-14(2)11(16)7-15(3)10-5-4-8(6-9(10)12)19(13,17)18/h4-6H,7,12H2,1-3H3,(H2,13,17,18). The van der Waals surface area contributed by atoms with Gasteiger partial charge in [-0.05, 0) is 18.2 Å². The molecule has 4 N–H and O–H groups in total. The molecule has 1 aromatic carbocycles. The van der Waals surface area contributed by atoms with Crippen LogP contribution >= 0.6 is 0 Å². The molecule has 0 saturated heterocycles. The van der Waals surface area contributed by atoms with E-state index in [1.807, 2.05) is 0 Å². The zero-order valence-corrected chi connectivity index (χ0v) is 11.9. The molecule has 0 heterocycles. The first kappa shape index (κ1) is 15.3. The molecule has 0 atom stereocenters. The summed E-state index contributed by atoms with van der Waals surface area (Å²) in [5, 5.41) is 5.01. The molecule has 0 aliphatic carbocycles. The minimum absolute atomic E-state index is 0.0545. The fourth-order valence-corrected chi connectivity index (χ4v) is 2.04. The van der Waals surface area contributed by atoms with Crippen LogP contribution in [0.1, 0.15) is 0 Å². The van der Waals surface area contributed by atoms with E-state index in [0.29, 0.717) is 5.69 Å². The number of rotatable bonds is 4. The Labute approximate surface area is 112 Å². The molecule has 0 saturated carbocycles. The molecule has 1 amide bonds. The van der Waals surface area contributed by atoms with Crippen molar-refractivity contribution >= 4 is 27.3 Å². The summed E-state index contributed by atoms with van der Waals surface area (Å²) in [6.45, 7) is 0.145. The van der Waals surface area contributed by atoms with Gasteiger partial charge in [0, 0.05) is 21.1 Å². The monoisotopic (exact) mass is 286 g/mol.